The molecule has 0 fully saturated rings. The number of nitrogens with zero attached hydrogens (tertiary/aromatic N) is 3. The molecular formula is C18H19N3O2S2. The molecule has 0 N–H and O–H groups in total. The molecule has 0 radical (unpaired) electrons. The van der Waals surface area contributed by atoms with Crippen molar-refractivity contribution >= 4 is 33.3 Å². The zero-order valence-corrected chi connectivity index (χ0v) is 15.7. The van der Waals surface area contributed by atoms with Crippen LogP contribution in [0.25, 0.3) is 10.2 Å². The molecule has 1 aliphatic carbocycles. The molecule has 0 aliphatic heterocycles. The fourth-order valence-electron chi connectivity index (χ4n) is 3.18. The Balaban J connectivity index is 1.75. The number of thioether (sulfide) groups is 1. The van der Waals surface area contributed by atoms with E-state index in [1.54, 1.807) is 41.0 Å². The van der Waals surface area contributed by atoms with Crippen LogP contribution in [0.2, 0.25) is 0 Å². The number of methoxy groups -OCH3 is 1. The van der Waals surface area contributed by atoms with Crippen LogP contribution >= 0.6 is 23.1 Å². The van der Waals surface area contributed by atoms with Gasteiger partial charge in [-0.15, -0.1) is 11.3 Å². The zero-order valence-electron chi connectivity index (χ0n) is 14.0. The van der Waals surface area contributed by atoms with Crippen molar-refractivity contribution in [3.05, 3.63) is 50.9 Å². The summed E-state index contributed by atoms with van der Waals surface area (Å²) in [4.78, 5) is 24.3. The predicted molar refractivity (Wildman–Crippen MR) is 102 cm³/mol. The second-order valence-electron chi connectivity index (χ2n) is 6.03. The Kier molecular flexibility index (Phi) is 4.87. The average Bonchev–Trinajstić information content (AvgIpc) is 3.21. The van der Waals surface area contributed by atoms with Crippen LogP contribution in [0.15, 0.2) is 34.5 Å². The van der Waals surface area contributed by atoms with Gasteiger partial charge < -0.3 is 4.74 Å². The molecule has 25 heavy (non-hydrogen) atoms. The monoisotopic (exact) mass is 373 g/mol. The maximum absolute atomic E-state index is 13.1. The summed E-state index contributed by atoms with van der Waals surface area (Å²) >= 11 is 3.27. The molecular weight excluding hydrogens is 354 g/mol. The Morgan fingerprint density at radius 3 is 3.12 bits per heavy atom. The smallest absolute Gasteiger partial charge is 0.263 e. The molecule has 1 aliphatic rings. The van der Waals surface area contributed by atoms with Crippen molar-refractivity contribution in [3.63, 3.8) is 0 Å². The average molecular weight is 374 g/mol. The standard InChI is InChI=1S/C18H19N3O2S2/c1-23-9-8-21-17(22)15-13-5-2-6-14(13)25-16(15)20-18(21)24-11-12-4-3-7-19-10-12/h3-4,7,10H,2,5-6,8-9,11H2,1H3. The summed E-state index contributed by atoms with van der Waals surface area (Å²) in [5.74, 6) is 0.740. The molecule has 4 rings (SSSR count). The van der Waals surface area contributed by atoms with Gasteiger partial charge in [-0.25, -0.2) is 4.98 Å². The summed E-state index contributed by atoms with van der Waals surface area (Å²) in [5, 5.41) is 1.60. The van der Waals surface area contributed by atoms with Crippen molar-refractivity contribution in [1.82, 2.24) is 14.5 Å². The molecule has 0 bridgehead atoms. The molecule has 0 spiro atoms. The number of hydrogen-bond acceptors (Lipinski definition) is 6. The van der Waals surface area contributed by atoms with Gasteiger partial charge in [0.15, 0.2) is 5.16 Å². The summed E-state index contributed by atoms with van der Waals surface area (Å²) in [6.07, 6.45) is 6.83. The summed E-state index contributed by atoms with van der Waals surface area (Å²) in [6.45, 7) is 1.03. The first kappa shape index (κ1) is 16.8. The Morgan fingerprint density at radius 1 is 1.40 bits per heavy atom. The molecule has 0 atom stereocenters. The molecule has 130 valence electrons. The molecule has 0 aromatic carbocycles. The van der Waals surface area contributed by atoms with Crippen LogP contribution in [0.4, 0.5) is 0 Å². The van der Waals surface area contributed by atoms with Gasteiger partial charge in [0, 0.05) is 30.1 Å². The predicted octanol–water partition coefficient (Wildman–Crippen LogP) is 3.28. The van der Waals surface area contributed by atoms with Crippen molar-refractivity contribution in [3.8, 4) is 0 Å². The second-order valence-corrected chi connectivity index (χ2v) is 8.06. The number of pyridine rings is 1. The maximum Gasteiger partial charge on any atom is 0.263 e. The van der Waals surface area contributed by atoms with Gasteiger partial charge in [0.05, 0.1) is 18.5 Å². The van der Waals surface area contributed by atoms with Crippen LogP contribution in [-0.2, 0) is 29.9 Å². The van der Waals surface area contributed by atoms with Gasteiger partial charge in [-0.3, -0.25) is 14.3 Å². The molecule has 3 aromatic rings. The molecule has 3 aromatic heterocycles. The lowest BCUT2D eigenvalue weighted by Crippen LogP contribution is -2.25. The lowest BCUT2D eigenvalue weighted by molar-refractivity contribution is 0.183. The Labute approximate surface area is 154 Å². The van der Waals surface area contributed by atoms with E-state index in [9.17, 15) is 4.79 Å². The molecule has 0 saturated carbocycles. The van der Waals surface area contributed by atoms with Crippen molar-refractivity contribution in [2.45, 2.75) is 36.7 Å². The second kappa shape index (κ2) is 7.27. The minimum Gasteiger partial charge on any atom is -0.383 e. The third kappa shape index (κ3) is 3.23. The van der Waals surface area contributed by atoms with Crippen LogP contribution in [0, 0.1) is 0 Å². The van der Waals surface area contributed by atoms with Crippen molar-refractivity contribution in [2.75, 3.05) is 13.7 Å². The van der Waals surface area contributed by atoms with Crippen LogP contribution in [0.5, 0.6) is 0 Å². The maximum atomic E-state index is 13.1. The highest BCUT2D eigenvalue weighted by atomic mass is 32.2. The SMILES string of the molecule is COCCn1c(SCc2cccnc2)nc2sc3c(c2c1=O)CCC3. The first-order chi connectivity index (χ1) is 12.3. The van der Waals surface area contributed by atoms with Gasteiger partial charge in [-0.1, -0.05) is 17.8 Å². The lowest BCUT2D eigenvalue weighted by Gasteiger charge is -2.12. The minimum atomic E-state index is 0.0788. The normalized spacial score (nSPS) is 13.5. The summed E-state index contributed by atoms with van der Waals surface area (Å²) in [7, 11) is 1.65. The highest BCUT2D eigenvalue weighted by molar-refractivity contribution is 7.98. The molecule has 3 heterocycles. The van der Waals surface area contributed by atoms with Crippen LogP contribution < -0.4 is 5.56 Å². The van der Waals surface area contributed by atoms with E-state index in [2.05, 4.69) is 4.98 Å². The van der Waals surface area contributed by atoms with Gasteiger partial charge in [0.2, 0.25) is 0 Å². The molecule has 5 nitrogen and oxygen atoms in total. The van der Waals surface area contributed by atoms with E-state index >= 15 is 0 Å². The number of hydrogen-bond donors (Lipinski definition) is 0. The fraction of sp³-hybridized carbons (Fsp3) is 0.389. The third-order valence-corrected chi connectivity index (χ3v) is 6.63. The number of aromatic nitrogens is 3. The van der Waals surface area contributed by atoms with Crippen molar-refractivity contribution in [2.24, 2.45) is 0 Å². The number of ether oxygens (including phenoxy) is 1. The third-order valence-electron chi connectivity index (χ3n) is 4.40. The molecule has 0 unspecified atom stereocenters. The number of fused-ring (bicyclic) bond motifs is 3. The molecule has 0 saturated heterocycles. The highest BCUT2D eigenvalue weighted by Crippen LogP contribution is 2.35. The van der Waals surface area contributed by atoms with Crippen LogP contribution in [-0.4, -0.2) is 28.3 Å². The van der Waals surface area contributed by atoms with Gasteiger partial charge in [0.25, 0.3) is 5.56 Å². The minimum absolute atomic E-state index is 0.0788. The Morgan fingerprint density at radius 2 is 2.32 bits per heavy atom. The summed E-state index contributed by atoms with van der Waals surface area (Å²) in [5.41, 5.74) is 2.43. The summed E-state index contributed by atoms with van der Waals surface area (Å²) in [6, 6.07) is 3.96. The van der Waals surface area contributed by atoms with E-state index in [4.69, 9.17) is 9.72 Å². The van der Waals surface area contributed by atoms with Gasteiger partial charge in [-0.05, 0) is 36.5 Å². The number of aryl methyl sites for hydroxylation is 2. The van der Waals surface area contributed by atoms with Crippen LogP contribution in [0.1, 0.15) is 22.4 Å². The first-order valence-corrected chi connectivity index (χ1v) is 10.1. The first-order valence-electron chi connectivity index (χ1n) is 8.33. The highest BCUT2D eigenvalue weighted by Gasteiger charge is 2.23. The quantitative estimate of drug-likeness (QED) is 0.490. The lowest BCUT2D eigenvalue weighted by atomic mass is 10.2. The van der Waals surface area contributed by atoms with Crippen LogP contribution in [0.3, 0.4) is 0 Å². The number of rotatable bonds is 6. The van der Waals surface area contributed by atoms with Gasteiger partial charge in [-0.2, -0.15) is 0 Å². The van der Waals surface area contributed by atoms with E-state index in [0.29, 0.717) is 13.2 Å². The Bertz CT molecular complexity index is 950. The topological polar surface area (TPSA) is 57.0 Å². The zero-order chi connectivity index (χ0) is 17.2. The number of thiophene rings is 1. The van der Waals surface area contributed by atoms with Crippen molar-refractivity contribution < 1.29 is 4.74 Å². The van der Waals surface area contributed by atoms with E-state index in [0.717, 1.165) is 46.0 Å². The Hall–Kier alpha value is -1.70. The van der Waals surface area contributed by atoms with E-state index in [1.165, 1.54) is 10.4 Å². The largest absolute Gasteiger partial charge is 0.383 e. The summed E-state index contributed by atoms with van der Waals surface area (Å²) < 4.78 is 6.98. The fourth-order valence-corrected chi connectivity index (χ4v) is 5.44. The molecule has 7 heteroatoms. The van der Waals surface area contributed by atoms with Gasteiger partial charge in [0.1, 0.15) is 4.83 Å². The van der Waals surface area contributed by atoms with E-state index in [-0.39, 0.29) is 5.56 Å². The van der Waals surface area contributed by atoms with E-state index < -0.39 is 0 Å². The van der Waals surface area contributed by atoms with E-state index in [1.807, 2.05) is 18.3 Å². The molecule has 0 amide bonds. The van der Waals surface area contributed by atoms with Crippen molar-refractivity contribution in [1.29, 1.82) is 0 Å². The van der Waals surface area contributed by atoms with Gasteiger partial charge >= 0.3 is 0 Å².